The molecule has 1 rings (SSSR count). The number of primary amides is 1. The topological polar surface area (TPSA) is 297 Å². The molecular formula is C19H27N7O10. The van der Waals surface area contributed by atoms with Crippen molar-refractivity contribution in [2.75, 3.05) is 0 Å². The van der Waals surface area contributed by atoms with E-state index in [0.29, 0.717) is 5.69 Å². The van der Waals surface area contributed by atoms with E-state index in [2.05, 4.69) is 20.6 Å². The van der Waals surface area contributed by atoms with Crippen LogP contribution >= 0.6 is 0 Å². The van der Waals surface area contributed by atoms with Gasteiger partial charge in [0.1, 0.15) is 18.1 Å². The van der Waals surface area contributed by atoms with Gasteiger partial charge in [-0.3, -0.25) is 28.8 Å². The number of amides is 4. The summed E-state index contributed by atoms with van der Waals surface area (Å²) in [6.45, 7) is 0. The number of hydrogen-bond acceptors (Lipinski definition) is 9. The lowest BCUT2D eigenvalue weighted by molar-refractivity contribution is -0.147. The summed E-state index contributed by atoms with van der Waals surface area (Å²) in [5.74, 6) is -8.44. The maximum Gasteiger partial charge on any atom is 0.326 e. The first-order valence-corrected chi connectivity index (χ1v) is 10.4. The van der Waals surface area contributed by atoms with Gasteiger partial charge in [0.05, 0.1) is 25.2 Å². The number of carbonyl (C=O) groups is 7. The molecule has 4 unspecified atom stereocenters. The molecule has 0 aliphatic heterocycles. The molecule has 1 aromatic heterocycles. The van der Waals surface area contributed by atoms with Crippen LogP contribution in [-0.2, 0) is 40.0 Å². The van der Waals surface area contributed by atoms with Gasteiger partial charge in [0.15, 0.2) is 0 Å². The van der Waals surface area contributed by atoms with Crippen molar-refractivity contribution in [3.8, 4) is 0 Å². The molecule has 1 heterocycles. The van der Waals surface area contributed by atoms with Crippen LogP contribution in [0.5, 0.6) is 0 Å². The van der Waals surface area contributed by atoms with E-state index in [-0.39, 0.29) is 12.8 Å². The van der Waals surface area contributed by atoms with Gasteiger partial charge in [-0.1, -0.05) is 0 Å². The molecule has 0 fully saturated rings. The Bertz CT molecular complexity index is 981. The van der Waals surface area contributed by atoms with Crippen molar-refractivity contribution in [2.45, 2.75) is 56.3 Å². The van der Waals surface area contributed by atoms with Crippen LogP contribution in [0.15, 0.2) is 12.5 Å². The molecule has 17 heteroatoms. The number of hydrogen-bond donors (Lipinski definition) is 9. The quantitative estimate of drug-likeness (QED) is 0.102. The molecule has 4 atom stereocenters. The Balaban J connectivity index is 3.10. The fraction of sp³-hybridized carbons (Fsp3) is 0.474. The number of aliphatic carboxylic acids is 3. The van der Waals surface area contributed by atoms with Gasteiger partial charge in [-0.15, -0.1) is 0 Å². The summed E-state index contributed by atoms with van der Waals surface area (Å²) >= 11 is 0. The Hall–Kier alpha value is -4.54. The van der Waals surface area contributed by atoms with Gasteiger partial charge in [0.25, 0.3) is 0 Å². The summed E-state index contributed by atoms with van der Waals surface area (Å²) < 4.78 is 0. The number of carbonyl (C=O) groups excluding carboxylic acids is 4. The van der Waals surface area contributed by atoms with E-state index in [1.807, 2.05) is 5.32 Å². The van der Waals surface area contributed by atoms with Gasteiger partial charge in [0.2, 0.25) is 23.6 Å². The van der Waals surface area contributed by atoms with E-state index in [9.17, 15) is 33.6 Å². The maximum absolute atomic E-state index is 13.0. The molecule has 0 radical (unpaired) electrons. The smallest absolute Gasteiger partial charge is 0.326 e. The van der Waals surface area contributed by atoms with E-state index in [1.54, 1.807) is 0 Å². The van der Waals surface area contributed by atoms with Crippen LogP contribution in [0.4, 0.5) is 0 Å². The van der Waals surface area contributed by atoms with Crippen LogP contribution in [0, 0.1) is 0 Å². The highest BCUT2D eigenvalue weighted by Crippen LogP contribution is 2.05. The molecular weight excluding hydrogens is 486 g/mol. The van der Waals surface area contributed by atoms with Crippen molar-refractivity contribution < 1.29 is 48.9 Å². The lowest BCUT2D eigenvalue weighted by atomic mass is 10.1. The summed E-state index contributed by atoms with van der Waals surface area (Å²) in [5, 5.41) is 33.3. The second kappa shape index (κ2) is 14.0. The number of nitrogens with zero attached hydrogens (tertiary/aromatic N) is 1. The van der Waals surface area contributed by atoms with Gasteiger partial charge in [0, 0.05) is 24.7 Å². The van der Waals surface area contributed by atoms with E-state index < -0.39 is 85.0 Å². The van der Waals surface area contributed by atoms with E-state index in [4.69, 9.17) is 26.8 Å². The number of rotatable bonds is 16. The number of H-pyrrole nitrogens is 1. The number of aromatic nitrogens is 2. The molecule has 0 saturated heterocycles. The van der Waals surface area contributed by atoms with Crippen LogP contribution in [0.3, 0.4) is 0 Å². The third-order valence-electron chi connectivity index (χ3n) is 4.65. The normalized spacial score (nSPS) is 13.9. The standard InChI is InChI=1S/C19H27N7O10/c20-9(4-14(28)29)16(32)25-11(3-8-6-22-7-23-8)18(34)24-10(1-2-13(21)27)17(33)26-12(19(35)36)5-15(30)31/h6-7,9-12H,1-5,20H2,(H2,21,27)(H,22,23)(H,24,34)(H,25,32)(H,26,33)(H,28,29)(H,30,31)(H,35,36). The molecule has 0 aliphatic carbocycles. The van der Waals surface area contributed by atoms with E-state index in [0.717, 1.165) is 0 Å². The zero-order chi connectivity index (χ0) is 27.4. The summed E-state index contributed by atoms with van der Waals surface area (Å²) in [7, 11) is 0. The average molecular weight is 513 g/mol. The molecule has 1 aromatic rings. The number of carboxylic acids is 3. The lowest BCUT2D eigenvalue weighted by Crippen LogP contribution is -2.58. The number of nitrogens with one attached hydrogen (secondary N) is 4. The third-order valence-corrected chi connectivity index (χ3v) is 4.65. The zero-order valence-electron chi connectivity index (χ0n) is 18.8. The molecule has 4 amide bonds. The summed E-state index contributed by atoms with van der Waals surface area (Å²) in [6, 6.07) is -6.29. The van der Waals surface area contributed by atoms with E-state index >= 15 is 0 Å². The first-order chi connectivity index (χ1) is 16.8. The predicted octanol–water partition coefficient (Wildman–Crippen LogP) is -3.97. The van der Waals surface area contributed by atoms with Crippen molar-refractivity contribution in [1.82, 2.24) is 25.9 Å². The molecule has 0 aromatic carbocycles. The largest absolute Gasteiger partial charge is 0.481 e. The Morgan fingerprint density at radius 1 is 0.861 bits per heavy atom. The van der Waals surface area contributed by atoms with Crippen molar-refractivity contribution in [3.05, 3.63) is 18.2 Å². The van der Waals surface area contributed by atoms with Crippen LogP contribution in [0.2, 0.25) is 0 Å². The Kier molecular flexibility index (Phi) is 11.5. The number of aromatic amines is 1. The first kappa shape index (κ1) is 29.5. The van der Waals surface area contributed by atoms with Gasteiger partial charge in [-0.25, -0.2) is 9.78 Å². The van der Waals surface area contributed by atoms with Crippen molar-refractivity contribution in [1.29, 1.82) is 0 Å². The van der Waals surface area contributed by atoms with Crippen molar-refractivity contribution in [2.24, 2.45) is 11.5 Å². The number of imidazole rings is 1. The van der Waals surface area contributed by atoms with Gasteiger partial charge < -0.3 is 47.7 Å². The second-order valence-electron chi connectivity index (χ2n) is 7.61. The predicted molar refractivity (Wildman–Crippen MR) is 117 cm³/mol. The molecule has 0 saturated carbocycles. The highest BCUT2D eigenvalue weighted by atomic mass is 16.4. The fourth-order valence-corrected chi connectivity index (χ4v) is 2.86. The molecule has 0 bridgehead atoms. The minimum atomic E-state index is -1.84. The molecule has 17 nitrogen and oxygen atoms in total. The van der Waals surface area contributed by atoms with Gasteiger partial charge in [-0.05, 0) is 6.42 Å². The fourth-order valence-electron chi connectivity index (χ4n) is 2.86. The maximum atomic E-state index is 13.0. The average Bonchev–Trinajstić information content (AvgIpc) is 3.27. The molecule has 36 heavy (non-hydrogen) atoms. The van der Waals surface area contributed by atoms with Crippen LogP contribution < -0.4 is 27.4 Å². The van der Waals surface area contributed by atoms with Crippen LogP contribution in [0.25, 0.3) is 0 Å². The lowest BCUT2D eigenvalue weighted by Gasteiger charge is -2.24. The Morgan fingerprint density at radius 3 is 1.92 bits per heavy atom. The highest BCUT2D eigenvalue weighted by Gasteiger charge is 2.32. The van der Waals surface area contributed by atoms with Gasteiger partial charge >= 0.3 is 17.9 Å². The highest BCUT2D eigenvalue weighted by molar-refractivity contribution is 5.95. The minimum Gasteiger partial charge on any atom is -0.481 e. The summed E-state index contributed by atoms with van der Waals surface area (Å²) in [4.78, 5) is 88.6. The Labute approximate surface area is 203 Å². The van der Waals surface area contributed by atoms with Crippen molar-refractivity contribution >= 4 is 41.5 Å². The number of nitrogens with two attached hydrogens (primary N) is 2. The Morgan fingerprint density at radius 2 is 1.42 bits per heavy atom. The van der Waals surface area contributed by atoms with Crippen molar-refractivity contribution in [3.63, 3.8) is 0 Å². The second-order valence-corrected chi connectivity index (χ2v) is 7.61. The first-order valence-electron chi connectivity index (χ1n) is 10.4. The molecule has 0 spiro atoms. The SMILES string of the molecule is NC(=O)CCC(NC(=O)C(Cc1cnc[nH]1)NC(=O)C(N)CC(=O)O)C(=O)NC(CC(=O)O)C(=O)O. The van der Waals surface area contributed by atoms with E-state index in [1.165, 1.54) is 12.5 Å². The monoisotopic (exact) mass is 513 g/mol. The van der Waals surface area contributed by atoms with Crippen LogP contribution in [-0.4, -0.2) is 91.0 Å². The summed E-state index contributed by atoms with van der Waals surface area (Å²) in [5.41, 5.74) is 11.0. The van der Waals surface area contributed by atoms with Crippen LogP contribution in [0.1, 0.15) is 31.4 Å². The minimum absolute atomic E-state index is 0.196. The molecule has 11 N–H and O–H groups in total. The molecule has 0 aliphatic rings. The van der Waals surface area contributed by atoms with Gasteiger partial charge in [-0.2, -0.15) is 0 Å². The number of carboxylic acid groups (broad SMARTS) is 3. The zero-order valence-corrected chi connectivity index (χ0v) is 18.8. The third kappa shape index (κ3) is 10.6. The molecule has 198 valence electrons. The summed E-state index contributed by atoms with van der Waals surface area (Å²) in [6.07, 6.45) is -0.0420.